The third-order valence-electron chi connectivity index (χ3n) is 6.59. The van der Waals surface area contributed by atoms with E-state index in [1.807, 2.05) is 60.7 Å². The van der Waals surface area contributed by atoms with E-state index in [0.29, 0.717) is 16.8 Å². The number of carbonyl (C=O) groups is 3. The summed E-state index contributed by atoms with van der Waals surface area (Å²) >= 11 is 7.53. The van der Waals surface area contributed by atoms with Crippen LogP contribution in [0.15, 0.2) is 138 Å². The van der Waals surface area contributed by atoms with Crippen molar-refractivity contribution in [1.29, 1.82) is 0 Å². The SMILES string of the molecule is O=C(Nc1cccc(SCC(=O)c2ccc(-c3ccccc3)cc2)c1)/C(=C/c1c(F)cccc1Cl)NC(=O)c1ccccc1. The van der Waals surface area contributed by atoms with Crippen LogP contribution in [0, 0.1) is 5.82 Å². The van der Waals surface area contributed by atoms with Crippen molar-refractivity contribution in [3.8, 4) is 11.1 Å². The van der Waals surface area contributed by atoms with Crippen LogP contribution in [0.2, 0.25) is 5.02 Å². The molecule has 2 N–H and O–H groups in total. The number of thioether (sulfide) groups is 1. The molecule has 218 valence electrons. The maximum atomic E-state index is 14.6. The zero-order valence-electron chi connectivity index (χ0n) is 23.3. The second-order valence-corrected chi connectivity index (χ2v) is 11.1. The van der Waals surface area contributed by atoms with Gasteiger partial charge in [0.2, 0.25) is 0 Å². The third-order valence-corrected chi connectivity index (χ3v) is 7.92. The number of halogens is 2. The van der Waals surface area contributed by atoms with Gasteiger partial charge in [0.25, 0.3) is 11.8 Å². The Hall–Kier alpha value is -4.98. The molecular weight excluding hydrogens is 595 g/mol. The Kier molecular flexibility index (Phi) is 10.0. The number of hydrogen-bond donors (Lipinski definition) is 2. The summed E-state index contributed by atoms with van der Waals surface area (Å²) < 4.78 is 14.6. The number of ketones is 1. The highest BCUT2D eigenvalue weighted by molar-refractivity contribution is 8.00. The van der Waals surface area contributed by atoms with Crippen molar-refractivity contribution in [3.63, 3.8) is 0 Å². The molecule has 0 saturated heterocycles. The number of amides is 2. The molecule has 0 fully saturated rings. The molecule has 0 unspecified atom stereocenters. The van der Waals surface area contributed by atoms with Crippen molar-refractivity contribution in [3.05, 3.63) is 161 Å². The maximum absolute atomic E-state index is 14.6. The predicted octanol–water partition coefficient (Wildman–Crippen LogP) is 8.53. The molecular formula is C36H26ClFN2O3S. The summed E-state index contributed by atoms with van der Waals surface area (Å²) in [4.78, 5) is 39.9. The highest BCUT2D eigenvalue weighted by Crippen LogP contribution is 2.26. The van der Waals surface area contributed by atoms with Gasteiger partial charge in [-0.2, -0.15) is 0 Å². The molecule has 2 amide bonds. The van der Waals surface area contributed by atoms with Gasteiger partial charge < -0.3 is 10.6 Å². The van der Waals surface area contributed by atoms with Crippen molar-refractivity contribution < 1.29 is 18.8 Å². The van der Waals surface area contributed by atoms with Crippen LogP contribution >= 0.6 is 23.4 Å². The van der Waals surface area contributed by atoms with E-state index in [9.17, 15) is 18.8 Å². The van der Waals surface area contributed by atoms with E-state index < -0.39 is 17.6 Å². The summed E-state index contributed by atoms with van der Waals surface area (Å²) in [5.74, 6) is -1.69. The van der Waals surface area contributed by atoms with Crippen LogP contribution in [0.1, 0.15) is 26.3 Å². The topological polar surface area (TPSA) is 75.3 Å². The summed E-state index contributed by atoms with van der Waals surface area (Å²) in [6, 6.07) is 36.9. The standard InChI is InChI=1S/C36H26ClFN2O3S/c37-31-15-8-16-32(38)30(31)22-33(40-35(42)27-11-5-2-6-12-27)36(43)39-28-13-7-14-29(21-28)44-23-34(41)26-19-17-25(18-20-26)24-9-3-1-4-10-24/h1-22H,23H2,(H,39,43)(H,40,42)/b33-22-. The van der Waals surface area contributed by atoms with Crippen molar-refractivity contribution in [2.24, 2.45) is 0 Å². The molecule has 5 rings (SSSR count). The molecule has 5 aromatic carbocycles. The summed E-state index contributed by atoms with van der Waals surface area (Å²) in [7, 11) is 0. The summed E-state index contributed by atoms with van der Waals surface area (Å²) in [5.41, 5.74) is 3.24. The number of anilines is 1. The van der Waals surface area contributed by atoms with Crippen LogP contribution in [0.5, 0.6) is 0 Å². The van der Waals surface area contributed by atoms with E-state index >= 15 is 0 Å². The van der Waals surface area contributed by atoms with Crippen LogP contribution < -0.4 is 10.6 Å². The first kappa shape index (κ1) is 30.5. The van der Waals surface area contributed by atoms with Crippen molar-refractivity contribution in [1.82, 2.24) is 5.32 Å². The van der Waals surface area contributed by atoms with Gasteiger partial charge in [0.05, 0.1) is 10.8 Å². The number of carbonyl (C=O) groups excluding carboxylic acids is 3. The zero-order chi connectivity index (χ0) is 30.9. The molecule has 0 saturated carbocycles. The molecule has 0 aliphatic rings. The van der Waals surface area contributed by atoms with E-state index in [4.69, 9.17) is 11.6 Å². The number of benzene rings is 5. The third kappa shape index (κ3) is 7.89. The number of rotatable bonds is 10. The van der Waals surface area contributed by atoms with Crippen LogP contribution in [0.4, 0.5) is 10.1 Å². The first-order valence-electron chi connectivity index (χ1n) is 13.6. The molecule has 5 nitrogen and oxygen atoms in total. The van der Waals surface area contributed by atoms with Crippen molar-refractivity contribution >= 4 is 52.7 Å². The average Bonchev–Trinajstić information content (AvgIpc) is 3.06. The van der Waals surface area contributed by atoms with Gasteiger partial charge in [0.1, 0.15) is 11.5 Å². The van der Waals surface area contributed by atoms with Gasteiger partial charge in [-0.3, -0.25) is 14.4 Å². The van der Waals surface area contributed by atoms with Crippen LogP contribution in [-0.2, 0) is 4.79 Å². The Morgan fingerprint density at radius 3 is 2.09 bits per heavy atom. The van der Waals surface area contributed by atoms with Gasteiger partial charge in [0.15, 0.2) is 5.78 Å². The fourth-order valence-corrected chi connectivity index (χ4v) is 5.38. The Bertz CT molecular complexity index is 1810. The maximum Gasteiger partial charge on any atom is 0.272 e. The van der Waals surface area contributed by atoms with Crippen LogP contribution in [-0.4, -0.2) is 23.4 Å². The monoisotopic (exact) mass is 620 g/mol. The summed E-state index contributed by atoms with van der Waals surface area (Å²) in [6.07, 6.45) is 1.20. The minimum atomic E-state index is -0.676. The molecule has 44 heavy (non-hydrogen) atoms. The predicted molar refractivity (Wildman–Crippen MR) is 175 cm³/mol. The molecule has 5 aromatic rings. The lowest BCUT2D eigenvalue weighted by Crippen LogP contribution is -2.30. The highest BCUT2D eigenvalue weighted by atomic mass is 35.5. The van der Waals surface area contributed by atoms with E-state index in [1.165, 1.54) is 36.0 Å². The van der Waals surface area contributed by atoms with Gasteiger partial charge in [-0.15, -0.1) is 11.8 Å². The molecule has 0 aliphatic carbocycles. The fourth-order valence-electron chi connectivity index (χ4n) is 4.31. The van der Waals surface area contributed by atoms with Crippen molar-refractivity contribution in [2.75, 3.05) is 11.1 Å². The van der Waals surface area contributed by atoms with Crippen LogP contribution in [0.3, 0.4) is 0 Å². The number of nitrogens with one attached hydrogen (secondary N) is 2. The van der Waals surface area contributed by atoms with Crippen molar-refractivity contribution in [2.45, 2.75) is 4.90 Å². The molecule has 0 aliphatic heterocycles. The van der Waals surface area contributed by atoms with E-state index in [2.05, 4.69) is 10.6 Å². The van der Waals surface area contributed by atoms with E-state index in [0.717, 1.165) is 16.0 Å². The number of hydrogen-bond acceptors (Lipinski definition) is 4. The minimum absolute atomic E-state index is 0.0281. The molecule has 0 bridgehead atoms. The molecule has 0 radical (unpaired) electrons. The Balaban J connectivity index is 1.28. The quantitative estimate of drug-likeness (QED) is 0.0932. The summed E-state index contributed by atoms with van der Waals surface area (Å²) in [6.45, 7) is 0. The zero-order valence-corrected chi connectivity index (χ0v) is 24.9. The fraction of sp³-hybridized carbons (Fsp3) is 0.0278. The Labute approximate surface area is 263 Å². The highest BCUT2D eigenvalue weighted by Gasteiger charge is 2.17. The number of Topliss-reactive ketones (excluding diaryl/α,β-unsaturated/α-hetero) is 1. The second kappa shape index (κ2) is 14.5. The van der Waals surface area contributed by atoms with Gasteiger partial charge >= 0.3 is 0 Å². The van der Waals surface area contributed by atoms with E-state index in [-0.39, 0.29) is 27.8 Å². The lowest BCUT2D eigenvalue weighted by molar-refractivity contribution is -0.113. The van der Waals surface area contributed by atoms with Gasteiger partial charge in [-0.05, 0) is 59.7 Å². The van der Waals surface area contributed by atoms with E-state index in [1.54, 1.807) is 48.5 Å². The minimum Gasteiger partial charge on any atom is -0.321 e. The lowest BCUT2D eigenvalue weighted by Gasteiger charge is -2.13. The smallest absolute Gasteiger partial charge is 0.272 e. The van der Waals surface area contributed by atoms with Gasteiger partial charge in [-0.1, -0.05) is 96.5 Å². The van der Waals surface area contributed by atoms with Gasteiger partial charge in [0, 0.05) is 27.3 Å². The normalized spacial score (nSPS) is 11.1. The largest absolute Gasteiger partial charge is 0.321 e. The molecule has 0 aromatic heterocycles. The van der Waals surface area contributed by atoms with Crippen LogP contribution in [0.25, 0.3) is 17.2 Å². The Morgan fingerprint density at radius 2 is 1.39 bits per heavy atom. The molecule has 0 atom stereocenters. The molecule has 0 heterocycles. The second-order valence-electron chi connectivity index (χ2n) is 9.65. The van der Waals surface area contributed by atoms with Gasteiger partial charge in [-0.25, -0.2) is 4.39 Å². The average molecular weight is 621 g/mol. The molecule has 8 heteroatoms. The first-order valence-corrected chi connectivity index (χ1v) is 15.0. The Morgan fingerprint density at radius 1 is 0.727 bits per heavy atom. The first-order chi connectivity index (χ1) is 21.4. The lowest BCUT2D eigenvalue weighted by atomic mass is 10.0. The molecule has 0 spiro atoms. The summed E-state index contributed by atoms with van der Waals surface area (Å²) in [5, 5.41) is 5.42.